The zero-order valence-corrected chi connectivity index (χ0v) is 12.6. The number of alkyl halides is 3. The quantitative estimate of drug-likeness (QED) is 0.826. The van der Waals surface area contributed by atoms with E-state index in [0.717, 1.165) is 24.5 Å². The Morgan fingerprint density at radius 2 is 2.00 bits per heavy atom. The summed E-state index contributed by atoms with van der Waals surface area (Å²) >= 11 is 1.66. The molecule has 0 radical (unpaired) electrons. The number of thiophene rings is 1. The molecule has 0 amide bonds. The number of hydrogen-bond donors (Lipinski definition) is 1. The molecule has 1 N–H and O–H groups in total. The molecular formula is C16H18F3NS. The molecule has 2 rings (SSSR count). The van der Waals surface area contributed by atoms with Gasteiger partial charge in [-0.2, -0.15) is 24.5 Å². The average Bonchev–Trinajstić information content (AvgIpc) is 2.96. The first-order valence-electron chi connectivity index (χ1n) is 6.83. The Kier molecular flexibility index (Phi) is 5.42. The molecule has 1 atom stereocenters. The maximum Gasteiger partial charge on any atom is 0.416 e. The molecule has 114 valence electrons. The summed E-state index contributed by atoms with van der Waals surface area (Å²) < 4.78 is 38.1. The van der Waals surface area contributed by atoms with E-state index in [1.165, 1.54) is 17.7 Å². The van der Waals surface area contributed by atoms with E-state index >= 15 is 0 Å². The minimum absolute atomic E-state index is 0.174. The van der Waals surface area contributed by atoms with Gasteiger partial charge in [0.1, 0.15) is 0 Å². The monoisotopic (exact) mass is 313 g/mol. The highest BCUT2D eigenvalue weighted by molar-refractivity contribution is 7.07. The van der Waals surface area contributed by atoms with E-state index in [4.69, 9.17) is 0 Å². The van der Waals surface area contributed by atoms with Crippen molar-refractivity contribution in [3.63, 3.8) is 0 Å². The molecule has 1 aromatic heterocycles. The third-order valence-electron chi connectivity index (χ3n) is 3.51. The highest BCUT2D eigenvalue weighted by atomic mass is 32.1. The van der Waals surface area contributed by atoms with Crippen LogP contribution in [0.5, 0.6) is 0 Å². The smallest absolute Gasteiger partial charge is 0.317 e. The molecule has 0 spiro atoms. The van der Waals surface area contributed by atoms with Crippen LogP contribution < -0.4 is 5.32 Å². The van der Waals surface area contributed by atoms with Crippen molar-refractivity contribution in [3.8, 4) is 0 Å². The van der Waals surface area contributed by atoms with E-state index in [1.54, 1.807) is 17.4 Å². The van der Waals surface area contributed by atoms with Gasteiger partial charge < -0.3 is 5.32 Å². The third-order valence-corrected chi connectivity index (χ3v) is 4.24. The van der Waals surface area contributed by atoms with Crippen LogP contribution in [0.2, 0.25) is 0 Å². The van der Waals surface area contributed by atoms with Crippen LogP contribution in [0.4, 0.5) is 13.2 Å². The topological polar surface area (TPSA) is 12.0 Å². The highest BCUT2D eigenvalue weighted by Gasteiger charge is 2.30. The van der Waals surface area contributed by atoms with Crippen molar-refractivity contribution in [3.05, 3.63) is 57.8 Å². The molecule has 1 heterocycles. The van der Waals surface area contributed by atoms with E-state index in [1.807, 2.05) is 12.4 Å². The second kappa shape index (κ2) is 7.09. The van der Waals surface area contributed by atoms with Crippen LogP contribution in [0.15, 0.2) is 41.1 Å². The van der Waals surface area contributed by atoms with Gasteiger partial charge in [0.15, 0.2) is 0 Å². The Bertz CT molecular complexity index is 549. The van der Waals surface area contributed by atoms with Crippen molar-refractivity contribution in [2.45, 2.75) is 31.5 Å². The van der Waals surface area contributed by atoms with Crippen LogP contribution >= 0.6 is 11.3 Å². The maximum absolute atomic E-state index is 12.7. The molecule has 2 aromatic rings. The van der Waals surface area contributed by atoms with E-state index in [9.17, 15) is 13.2 Å². The van der Waals surface area contributed by atoms with Gasteiger partial charge in [-0.3, -0.25) is 0 Å². The zero-order valence-electron chi connectivity index (χ0n) is 11.8. The first-order chi connectivity index (χ1) is 9.99. The Balaban J connectivity index is 1.98. The summed E-state index contributed by atoms with van der Waals surface area (Å²) in [5, 5.41) is 7.34. The fourth-order valence-electron chi connectivity index (χ4n) is 2.28. The lowest BCUT2D eigenvalue weighted by Crippen LogP contribution is -2.28. The molecule has 0 bridgehead atoms. The SMILES string of the molecule is CNC(CCc1ccsc1)Cc1cccc(C(F)(F)F)c1. The summed E-state index contributed by atoms with van der Waals surface area (Å²) in [5.74, 6) is 0. The molecule has 0 aliphatic rings. The maximum atomic E-state index is 12.7. The first kappa shape index (κ1) is 16.0. The lowest BCUT2D eigenvalue weighted by molar-refractivity contribution is -0.137. The highest BCUT2D eigenvalue weighted by Crippen LogP contribution is 2.29. The van der Waals surface area contributed by atoms with Gasteiger partial charge in [0, 0.05) is 6.04 Å². The molecule has 0 saturated carbocycles. The molecule has 0 saturated heterocycles. The van der Waals surface area contributed by atoms with E-state index in [0.29, 0.717) is 6.42 Å². The lowest BCUT2D eigenvalue weighted by Gasteiger charge is -2.17. The largest absolute Gasteiger partial charge is 0.416 e. The summed E-state index contributed by atoms with van der Waals surface area (Å²) in [6, 6.07) is 7.85. The minimum atomic E-state index is -4.28. The van der Waals surface area contributed by atoms with E-state index in [-0.39, 0.29) is 6.04 Å². The molecule has 1 aromatic carbocycles. The minimum Gasteiger partial charge on any atom is -0.317 e. The number of aryl methyl sites for hydroxylation is 1. The predicted octanol–water partition coefficient (Wildman–Crippen LogP) is 4.53. The normalized spacial score (nSPS) is 13.3. The summed E-state index contributed by atoms with van der Waals surface area (Å²) in [4.78, 5) is 0. The Morgan fingerprint density at radius 1 is 1.19 bits per heavy atom. The van der Waals surface area contributed by atoms with Gasteiger partial charge in [0.25, 0.3) is 0 Å². The van der Waals surface area contributed by atoms with Crippen LogP contribution in [0, 0.1) is 0 Å². The molecule has 1 unspecified atom stereocenters. The van der Waals surface area contributed by atoms with Gasteiger partial charge in [-0.1, -0.05) is 18.2 Å². The number of benzene rings is 1. The molecule has 5 heteroatoms. The molecule has 0 aliphatic carbocycles. The summed E-state index contributed by atoms with van der Waals surface area (Å²) in [6.07, 6.45) is -1.83. The van der Waals surface area contributed by atoms with Crippen molar-refractivity contribution < 1.29 is 13.2 Å². The van der Waals surface area contributed by atoms with E-state index < -0.39 is 11.7 Å². The van der Waals surface area contributed by atoms with Gasteiger partial charge in [-0.05, 0) is 60.3 Å². The second-order valence-corrected chi connectivity index (χ2v) is 5.84. The number of likely N-dealkylation sites (N-methyl/N-ethyl adjacent to an activating group) is 1. The van der Waals surface area contributed by atoms with Crippen molar-refractivity contribution in [1.82, 2.24) is 5.32 Å². The second-order valence-electron chi connectivity index (χ2n) is 5.06. The third kappa shape index (κ3) is 4.86. The van der Waals surface area contributed by atoms with Gasteiger partial charge in [-0.15, -0.1) is 0 Å². The Labute approximate surface area is 126 Å². The van der Waals surface area contributed by atoms with Crippen LogP contribution in [0.1, 0.15) is 23.1 Å². The molecule has 0 fully saturated rings. The van der Waals surface area contributed by atoms with Crippen LogP contribution in [0.25, 0.3) is 0 Å². The summed E-state index contributed by atoms with van der Waals surface area (Å²) in [7, 11) is 1.85. The molecule has 0 aliphatic heterocycles. The fraction of sp³-hybridized carbons (Fsp3) is 0.375. The van der Waals surface area contributed by atoms with Crippen molar-refractivity contribution in [1.29, 1.82) is 0 Å². The van der Waals surface area contributed by atoms with Gasteiger partial charge in [-0.25, -0.2) is 0 Å². The number of rotatable bonds is 6. The summed E-state index contributed by atoms with van der Waals surface area (Å²) in [6.45, 7) is 0. The van der Waals surface area contributed by atoms with Gasteiger partial charge in [0.2, 0.25) is 0 Å². The van der Waals surface area contributed by atoms with Crippen molar-refractivity contribution >= 4 is 11.3 Å². The van der Waals surface area contributed by atoms with Crippen molar-refractivity contribution in [2.75, 3.05) is 7.05 Å². The summed E-state index contributed by atoms with van der Waals surface area (Å²) in [5.41, 5.74) is 1.42. The van der Waals surface area contributed by atoms with Gasteiger partial charge in [0.05, 0.1) is 5.56 Å². The zero-order chi connectivity index (χ0) is 15.3. The Morgan fingerprint density at radius 3 is 2.62 bits per heavy atom. The standard InChI is InChI=1S/C16H18F3NS/c1-20-15(6-5-12-7-8-21-11-12)10-13-3-2-4-14(9-13)16(17,18)19/h2-4,7-9,11,15,20H,5-6,10H2,1H3. The average molecular weight is 313 g/mol. The fourth-order valence-corrected chi connectivity index (χ4v) is 2.99. The van der Waals surface area contributed by atoms with Gasteiger partial charge >= 0.3 is 6.18 Å². The van der Waals surface area contributed by atoms with Crippen molar-refractivity contribution in [2.24, 2.45) is 0 Å². The molecular weight excluding hydrogens is 295 g/mol. The molecule has 1 nitrogen and oxygen atoms in total. The first-order valence-corrected chi connectivity index (χ1v) is 7.78. The predicted molar refractivity (Wildman–Crippen MR) is 80.6 cm³/mol. The molecule has 21 heavy (non-hydrogen) atoms. The van der Waals surface area contributed by atoms with Crippen LogP contribution in [0.3, 0.4) is 0 Å². The number of halogens is 3. The number of nitrogens with one attached hydrogen (secondary N) is 1. The van der Waals surface area contributed by atoms with Crippen LogP contribution in [-0.4, -0.2) is 13.1 Å². The van der Waals surface area contributed by atoms with Crippen LogP contribution in [-0.2, 0) is 19.0 Å². The Hall–Kier alpha value is -1.33. The lowest BCUT2D eigenvalue weighted by atomic mass is 9.99. The number of hydrogen-bond acceptors (Lipinski definition) is 2. The van der Waals surface area contributed by atoms with E-state index in [2.05, 4.69) is 16.8 Å².